The van der Waals surface area contributed by atoms with E-state index in [4.69, 9.17) is 4.74 Å². The molecule has 1 heterocycles. The summed E-state index contributed by atoms with van der Waals surface area (Å²) in [6.07, 6.45) is 2.01. The molecule has 0 aliphatic rings. The van der Waals surface area contributed by atoms with Crippen molar-refractivity contribution in [3.8, 4) is 17.0 Å². The second-order valence-corrected chi connectivity index (χ2v) is 10.8. The predicted molar refractivity (Wildman–Crippen MR) is 140 cm³/mol. The zero-order chi connectivity index (χ0) is 26.6. The highest BCUT2D eigenvalue weighted by Gasteiger charge is 2.20. The Kier molecular flexibility index (Phi) is 8.63. The molecule has 0 radical (unpaired) electrons. The normalized spacial score (nSPS) is 12.5. The summed E-state index contributed by atoms with van der Waals surface area (Å²) in [7, 11) is -0.231. The molecule has 2 N–H and O–H groups in total. The molecule has 0 bridgehead atoms. The van der Waals surface area contributed by atoms with Crippen molar-refractivity contribution in [1.29, 1.82) is 0 Å². The number of pyridine rings is 1. The predicted octanol–water partition coefficient (Wildman–Crippen LogP) is 5.33. The quantitative estimate of drug-likeness (QED) is 0.405. The molecular weight excluding hydrogens is 479 g/mol. The van der Waals surface area contributed by atoms with Crippen LogP contribution in [0.4, 0.5) is 4.39 Å². The molecule has 2 aromatic carbocycles. The minimum Gasteiger partial charge on any atom is -0.481 e. The Balaban J connectivity index is 1.83. The molecule has 3 aromatic rings. The Morgan fingerprint density at radius 2 is 1.92 bits per heavy atom. The largest absolute Gasteiger partial charge is 0.481 e. The van der Waals surface area contributed by atoms with E-state index in [2.05, 4.69) is 9.71 Å². The highest BCUT2D eigenvalue weighted by Crippen LogP contribution is 2.33. The Hall–Kier alpha value is -3.10. The van der Waals surface area contributed by atoms with Crippen molar-refractivity contribution in [2.75, 3.05) is 7.11 Å². The third-order valence-electron chi connectivity index (χ3n) is 6.02. The van der Waals surface area contributed by atoms with E-state index >= 15 is 0 Å². The van der Waals surface area contributed by atoms with Gasteiger partial charge in [-0.05, 0) is 90.8 Å². The van der Waals surface area contributed by atoms with Crippen LogP contribution in [0.25, 0.3) is 11.1 Å². The van der Waals surface area contributed by atoms with E-state index in [9.17, 15) is 18.5 Å². The van der Waals surface area contributed by atoms with Crippen LogP contribution < -0.4 is 9.46 Å². The van der Waals surface area contributed by atoms with Crippen LogP contribution in [-0.2, 0) is 27.8 Å². The van der Waals surface area contributed by atoms with Crippen LogP contribution in [0.15, 0.2) is 53.6 Å². The summed E-state index contributed by atoms with van der Waals surface area (Å²) < 4.78 is 35.2. The average molecular weight is 513 g/mol. The number of hydrogen-bond donors (Lipinski definition) is 2. The minimum atomic E-state index is -1.75. The van der Waals surface area contributed by atoms with Crippen molar-refractivity contribution in [1.82, 2.24) is 9.71 Å². The SMILES string of the molecule is COc1cc(-c2cc(F)cc(C(C)C)c2CCC(=O)NS(=O)c2ccc(C(C)(C)O)cc2C)ccn1. The summed E-state index contributed by atoms with van der Waals surface area (Å²) >= 11 is 0. The highest BCUT2D eigenvalue weighted by molar-refractivity contribution is 7.83. The second kappa shape index (κ2) is 11.3. The molecule has 0 fully saturated rings. The number of carbonyl (C=O) groups excluding carboxylic acids is 1. The number of rotatable bonds is 9. The van der Waals surface area contributed by atoms with Crippen LogP contribution in [0, 0.1) is 12.7 Å². The zero-order valence-corrected chi connectivity index (χ0v) is 22.3. The smallest absolute Gasteiger partial charge is 0.232 e. The van der Waals surface area contributed by atoms with E-state index in [0.29, 0.717) is 33.9 Å². The molecule has 0 spiro atoms. The molecule has 8 heteroatoms. The minimum absolute atomic E-state index is 0.0346. The molecule has 1 unspecified atom stereocenters. The van der Waals surface area contributed by atoms with Gasteiger partial charge in [0.2, 0.25) is 11.8 Å². The molecule has 1 aromatic heterocycles. The van der Waals surface area contributed by atoms with Crippen LogP contribution in [-0.4, -0.2) is 27.3 Å². The molecule has 3 rings (SSSR count). The number of hydrogen-bond acceptors (Lipinski definition) is 5. The molecular formula is C28H33FN2O4S. The monoisotopic (exact) mass is 512 g/mol. The topological polar surface area (TPSA) is 88.5 Å². The maximum absolute atomic E-state index is 14.6. The Morgan fingerprint density at radius 1 is 1.19 bits per heavy atom. The standard InChI is InChI=1S/C28H33FN2O4S/c1-17(2)23-15-21(29)16-24(19-11-12-30-27(14-19)35-6)22(23)8-10-26(32)31-36(34)25-9-7-20(13-18(25)3)28(4,5)33/h7,9,11-17,33H,8,10H2,1-6H3,(H,31,32). The molecule has 0 aliphatic heterocycles. The molecule has 0 saturated carbocycles. The highest BCUT2D eigenvalue weighted by atomic mass is 32.2. The number of methoxy groups -OCH3 is 1. The van der Waals surface area contributed by atoms with E-state index < -0.39 is 16.6 Å². The summed E-state index contributed by atoms with van der Waals surface area (Å²) in [6, 6.07) is 11.6. The summed E-state index contributed by atoms with van der Waals surface area (Å²) in [5.74, 6) is -0.291. The maximum Gasteiger partial charge on any atom is 0.232 e. The van der Waals surface area contributed by atoms with Gasteiger partial charge in [-0.1, -0.05) is 26.0 Å². The fraction of sp³-hybridized carbons (Fsp3) is 0.357. The van der Waals surface area contributed by atoms with Crippen LogP contribution in [0.3, 0.4) is 0 Å². The van der Waals surface area contributed by atoms with Gasteiger partial charge < -0.3 is 9.84 Å². The number of aromatic nitrogens is 1. The Morgan fingerprint density at radius 3 is 2.53 bits per heavy atom. The van der Waals surface area contributed by atoms with Gasteiger partial charge in [-0.2, -0.15) is 0 Å². The number of aliphatic hydroxyl groups is 1. The van der Waals surface area contributed by atoms with Crippen LogP contribution in [0.2, 0.25) is 0 Å². The summed E-state index contributed by atoms with van der Waals surface area (Å²) in [5.41, 5.74) is 3.47. The first-order valence-corrected chi connectivity index (χ1v) is 12.9. The Bertz CT molecular complexity index is 1290. The average Bonchev–Trinajstić information content (AvgIpc) is 2.81. The Labute approximate surface area is 214 Å². The van der Waals surface area contributed by atoms with Gasteiger partial charge in [-0.3, -0.25) is 9.52 Å². The summed E-state index contributed by atoms with van der Waals surface area (Å²) in [6.45, 7) is 9.10. The van der Waals surface area contributed by atoms with Crippen molar-refractivity contribution < 1.29 is 23.2 Å². The summed E-state index contributed by atoms with van der Waals surface area (Å²) in [4.78, 5) is 17.4. The number of ether oxygens (including phenoxy) is 1. The van der Waals surface area contributed by atoms with E-state index in [1.807, 2.05) is 13.8 Å². The van der Waals surface area contributed by atoms with Gasteiger partial charge in [0.15, 0.2) is 11.0 Å². The molecule has 1 amide bonds. The lowest BCUT2D eigenvalue weighted by molar-refractivity contribution is -0.119. The third kappa shape index (κ3) is 6.56. The van der Waals surface area contributed by atoms with E-state index in [-0.39, 0.29) is 24.1 Å². The van der Waals surface area contributed by atoms with Crippen molar-refractivity contribution >= 4 is 16.9 Å². The molecule has 6 nitrogen and oxygen atoms in total. The van der Waals surface area contributed by atoms with Crippen molar-refractivity contribution in [2.24, 2.45) is 0 Å². The number of amides is 1. The van der Waals surface area contributed by atoms with Gasteiger partial charge >= 0.3 is 0 Å². The van der Waals surface area contributed by atoms with Crippen molar-refractivity contribution in [2.45, 2.75) is 63.9 Å². The number of carbonyl (C=O) groups is 1. The van der Waals surface area contributed by atoms with Crippen LogP contribution in [0.5, 0.6) is 5.88 Å². The van der Waals surface area contributed by atoms with Crippen LogP contribution in [0.1, 0.15) is 62.3 Å². The van der Waals surface area contributed by atoms with Gasteiger partial charge in [0.05, 0.1) is 17.6 Å². The van der Waals surface area contributed by atoms with Crippen molar-refractivity contribution in [3.63, 3.8) is 0 Å². The molecule has 0 aliphatic carbocycles. The van der Waals surface area contributed by atoms with E-state index in [0.717, 1.165) is 16.7 Å². The molecule has 36 heavy (non-hydrogen) atoms. The third-order valence-corrected chi connectivity index (χ3v) is 7.29. The van der Waals surface area contributed by atoms with Crippen molar-refractivity contribution in [3.05, 3.63) is 76.7 Å². The number of nitrogens with zero attached hydrogens (tertiary/aromatic N) is 1. The van der Waals surface area contributed by atoms with E-state index in [1.165, 1.54) is 19.2 Å². The van der Waals surface area contributed by atoms with Gasteiger partial charge in [0.1, 0.15) is 5.82 Å². The fourth-order valence-electron chi connectivity index (χ4n) is 4.08. The van der Waals surface area contributed by atoms with Gasteiger partial charge in [-0.15, -0.1) is 0 Å². The zero-order valence-electron chi connectivity index (χ0n) is 21.5. The number of nitrogens with one attached hydrogen (secondary N) is 1. The lowest BCUT2D eigenvalue weighted by Gasteiger charge is -2.19. The lowest BCUT2D eigenvalue weighted by Crippen LogP contribution is -2.27. The lowest BCUT2D eigenvalue weighted by atomic mass is 9.87. The number of benzene rings is 2. The maximum atomic E-state index is 14.6. The van der Waals surface area contributed by atoms with Gasteiger partial charge in [0.25, 0.3) is 0 Å². The molecule has 0 saturated heterocycles. The van der Waals surface area contributed by atoms with Crippen LogP contribution >= 0.6 is 0 Å². The first-order chi connectivity index (χ1) is 16.9. The van der Waals surface area contributed by atoms with Gasteiger partial charge in [0, 0.05) is 18.7 Å². The van der Waals surface area contributed by atoms with Gasteiger partial charge in [-0.25, -0.2) is 13.6 Å². The number of aryl methyl sites for hydroxylation is 1. The first kappa shape index (κ1) is 27.5. The second-order valence-electron chi connectivity index (χ2n) is 9.60. The first-order valence-electron chi connectivity index (χ1n) is 11.8. The summed E-state index contributed by atoms with van der Waals surface area (Å²) in [5, 5.41) is 10.2. The fourth-order valence-corrected chi connectivity index (χ4v) is 5.05. The van der Waals surface area contributed by atoms with E-state index in [1.54, 1.807) is 57.3 Å². The number of halogens is 1. The molecule has 192 valence electrons. The molecule has 1 atom stereocenters.